The van der Waals surface area contributed by atoms with Crippen LogP contribution in [-0.2, 0) is 25.3 Å². The third kappa shape index (κ3) is 1.56. The van der Waals surface area contributed by atoms with Crippen LogP contribution >= 0.6 is 11.6 Å². The van der Waals surface area contributed by atoms with Crippen LogP contribution in [0.3, 0.4) is 0 Å². The highest BCUT2D eigenvalue weighted by Crippen LogP contribution is 2.25. The van der Waals surface area contributed by atoms with Crippen LogP contribution in [0.5, 0.6) is 0 Å². The summed E-state index contributed by atoms with van der Waals surface area (Å²) in [5.74, 6) is 2.55. The summed E-state index contributed by atoms with van der Waals surface area (Å²) in [5.41, 5.74) is 2.49. The van der Waals surface area contributed by atoms with Crippen LogP contribution in [0, 0.1) is 5.92 Å². The van der Waals surface area contributed by atoms with Gasteiger partial charge in [-0.25, -0.2) is 4.98 Å². The number of aryl methyl sites for hydroxylation is 1. The standard InChI is InChI=1S/C11H17ClN2/c1-3-11-13-9(7-12)10-6-8(2)4-5-14(10)11/h8H,3-7H2,1-2H3. The molecule has 1 aromatic rings. The Kier molecular flexibility index (Phi) is 2.82. The van der Waals surface area contributed by atoms with E-state index in [1.807, 2.05) is 0 Å². The van der Waals surface area contributed by atoms with Crippen LogP contribution in [0.25, 0.3) is 0 Å². The third-order valence-electron chi connectivity index (χ3n) is 3.06. The lowest BCUT2D eigenvalue weighted by atomic mass is 9.97. The zero-order valence-corrected chi connectivity index (χ0v) is 9.64. The van der Waals surface area contributed by atoms with Gasteiger partial charge in [-0.1, -0.05) is 13.8 Å². The molecule has 2 heterocycles. The van der Waals surface area contributed by atoms with Crippen molar-refractivity contribution in [1.29, 1.82) is 0 Å². The molecule has 0 bridgehead atoms. The molecule has 0 aromatic carbocycles. The van der Waals surface area contributed by atoms with Crippen molar-refractivity contribution >= 4 is 11.6 Å². The minimum absolute atomic E-state index is 0.558. The van der Waals surface area contributed by atoms with Crippen molar-refractivity contribution in [3.8, 4) is 0 Å². The molecule has 0 N–H and O–H groups in total. The lowest BCUT2D eigenvalue weighted by molar-refractivity contribution is 0.408. The van der Waals surface area contributed by atoms with Crippen LogP contribution in [0.15, 0.2) is 0 Å². The molecule has 0 radical (unpaired) electrons. The Morgan fingerprint density at radius 1 is 1.57 bits per heavy atom. The number of hydrogen-bond donors (Lipinski definition) is 0. The van der Waals surface area contributed by atoms with Crippen molar-refractivity contribution < 1.29 is 0 Å². The number of imidazole rings is 1. The first-order valence-electron chi connectivity index (χ1n) is 5.39. The summed E-state index contributed by atoms with van der Waals surface area (Å²) in [6, 6.07) is 0. The van der Waals surface area contributed by atoms with Crippen molar-refractivity contribution in [1.82, 2.24) is 9.55 Å². The third-order valence-corrected chi connectivity index (χ3v) is 3.32. The van der Waals surface area contributed by atoms with E-state index in [9.17, 15) is 0 Å². The SMILES string of the molecule is CCc1nc(CCl)c2n1CCC(C)C2. The highest BCUT2D eigenvalue weighted by molar-refractivity contribution is 6.17. The van der Waals surface area contributed by atoms with Crippen molar-refractivity contribution in [2.24, 2.45) is 5.92 Å². The molecule has 0 saturated carbocycles. The lowest BCUT2D eigenvalue weighted by Crippen LogP contribution is -2.18. The molecular formula is C11H17ClN2. The van der Waals surface area contributed by atoms with Crippen LogP contribution in [0.1, 0.15) is 37.5 Å². The van der Waals surface area contributed by atoms with E-state index in [0.717, 1.165) is 31.0 Å². The van der Waals surface area contributed by atoms with Gasteiger partial charge in [0.05, 0.1) is 11.6 Å². The monoisotopic (exact) mass is 212 g/mol. The number of aromatic nitrogens is 2. The number of alkyl halides is 1. The molecular weight excluding hydrogens is 196 g/mol. The molecule has 2 nitrogen and oxygen atoms in total. The van der Waals surface area contributed by atoms with Gasteiger partial charge in [0.1, 0.15) is 5.82 Å². The Balaban J connectivity index is 2.42. The second kappa shape index (κ2) is 3.93. The maximum Gasteiger partial charge on any atom is 0.108 e. The van der Waals surface area contributed by atoms with Gasteiger partial charge < -0.3 is 4.57 Å². The predicted molar refractivity (Wildman–Crippen MR) is 58.6 cm³/mol. The molecule has 0 spiro atoms. The molecule has 1 unspecified atom stereocenters. The van der Waals surface area contributed by atoms with Gasteiger partial charge in [-0.05, 0) is 18.8 Å². The van der Waals surface area contributed by atoms with Gasteiger partial charge in [-0.3, -0.25) is 0 Å². The zero-order chi connectivity index (χ0) is 10.1. The quantitative estimate of drug-likeness (QED) is 0.690. The zero-order valence-electron chi connectivity index (χ0n) is 8.89. The Morgan fingerprint density at radius 3 is 3.00 bits per heavy atom. The summed E-state index contributed by atoms with van der Waals surface area (Å²) in [7, 11) is 0. The fourth-order valence-electron chi connectivity index (χ4n) is 2.24. The molecule has 0 fully saturated rings. The van der Waals surface area contributed by atoms with Gasteiger partial charge >= 0.3 is 0 Å². The minimum Gasteiger partial charge on any atom is -0.332 e. The number of nitrogens with zero attached hydrogens (tertiary/aromatic N) is 2. The van der Waals surface area contributed by atoms with E-state index in [4.69, 9.17) is 11.6 Å². The van der Waals surface area contributed by atoms with Gasteiger partial charge in [0, 0.05) is 18.7 Å². The second-order valence-electron chi connectivity index (χ2n) is 4.16. The predicted octanol–water partition coefficient (Wildman–Crippen LogP) is 2.77. The van der Waals surface area contributed by atoms with Crippen LogP contribution < -0.4 is 0 Å². The van der Waals surface area contributed by atoms with E-state index < -0.39 is 0 Å². The molecule has 1 aliphatic heterocycles. The van der Waals surface area contributed by atoms with Gasteiger partial charge in [0.15, 0.2) is 0 Å². The van der Waals surface area contributed by atoms with E-state index in [-0.39, 0.29) is 0 Å². The van der Waals surface area contributed by atoms with Crippen LogP contribution in [0.2, 0.25) is 0 Å². The maximum absolute atomic E-state index is 5.91. The Morgan fingerprint density at radius 2 is 2.36 bits per heavy atom. The van der Waals surface area contributed by atoms with E-state index in [0.29, 0.717) is 5.88 Å². The number of hydrogen-bond acceptors (Lipinski definition) is 1. The van der Waals surface area contributed by atoms with Gasteiger partial charge in [0.2, 0.25) is 0 Å². The minimum atomic E-state index is 0.558. The average Bonchev–Trinajstić information content (AvgIpc) is 2.55. The van der Waals surface area contributed by atoms with E-state index in [2.05, 4.69) is 23.4 Å². The summed E-state index contributed by atoms with van der Waals surface area (Å²) in [6.07, 6.45) is 3.44. The second-order valence-corrected chi connectivity index (χ2v) is 4.43. The normalized spacial score (nSPS) is 20.9. The molecule has 78 valence electrons. The highest BCUT2D eigenvalue weighted by Gasteiger charge is 2.21. The maximum atomic E-state index is 5.91. The van der Waals surface area contributed by atoms with E-state index in [1.165, 1.54) is 17.9 Å². The fraction of sp³-hybridized carbons (Fsp3) is 0.727. The highest BCUT2D eigenvalue weighted by atomic mass is 35.5. The topological polar surface area (TPSA) is 17.8 Å². The first kappa shape index (κ1) is 10.0. The molecule has 0 aliphatic carbocycles. The molecule has 1 aromatic heterocycles. The smallest absolute Gasteiger partial charge is 0.108 e. The molecule has 2 rings (SSSR count). The summed E-state index contributed by atoms with van der Waals surface area (Å²) >= 11 is 5.91. The molecule has 3 heteroatoms. The Bertz CT molecular complexity index is 330. The van der Waals surface area contributed by atoms with E-state index in [1.54, 1.807) is 0 Å². The number of rotatable bonds is 2. The largest absolute Gasteiger partial charge is 0.332 e. The van der Waals surface area contributed by atoms with Gasteiger partial charge in [-0.15, -0.1) is 11.6 Å². The Labute approximate surface area is 90.3 Å². The van der Waals surface area contributed by atoms with Gasteiger partial charge in [0.25, 0.3) is 0 Å². The molecule has 0 saturated heterocycles. The Hall–Kier alpha value is -0.500. The van der Waals surface area contributed by atoms with Gasteiger partial charge in [-0.2, -0.15) is 0 Å². The summed E-state index contributed by atoms with van der Waals surface area (Å²) in [5, 5.41) is 0. The first-order chi connectivity index (χ1) is 6.76. The van der Waals surface area contributed by atoms with Crippen molar-refractivity contribution in [3.63, 3.8) is 0 Å². The first-order valence-corrected chi connectivity index (χ1v) is 5.92. The van der Waals surface area contributed by atoms with Crippen LogP contribution in [-0.4, -0.2) is 9.55 Å². The molecule has 14 heavy (non-hydrogen) atoms. The molecule has 0 amide bonds. The van der Waals surface area contributed by atoms with Crippen LogP contribution in [0.4, 0.5) is 0 Å². The number of fused-ring (bicyclic) bond motifs is 1. The summed E-state index contributed by atoms with van der Waals surface area (Å²) in [6.45, 7) is 5.59. The van der Waals surface area contributed by atoms with Crippen molar-refractivity contribution in [2.75, 3.05) is 0 Å². The lowest BCUT2D eigenvalue weighted by Gasteiger charge is -2.22. The van der Waals surface area contributed by atoms with E-state index >= 15 is 0 Å². The number of halogens is 1. The molecule has 1 aliphatic rings. The van der Waals surface area contributed by atoms with Crippen molar-refractivity contribution in [2.45, 2.75) is 45.5 Å². The summed E-state index contributed by atoms with van der Waals surface area (Å²) < 4.78 is 2.37. The fourth-order valence-corrected chi connectivity index (χ4v) is 2.46. The average molecular weight is 213 g/mol. The van der Waals surface area contributed by atoms with Crippen molar-refractivity contribution in [3.05, 3.63) is 17.2 Å². The molecule has 1 atom stereocenters. The summed E-state index contributed by atoms with van der Waals surface area (Å²) in [4.78, 5) is 4.59.